The molecule has 1 N–H and O–H groups in total. The van der Waals surface area contributed by atoms with E-state index in [1.165, 1.54) is 25.7 Å². The third-order valence-electron chi connectivity index (χ3n) is 3.55. The summed E-state index contributed by atoms with van der Waals surface area (Å²) in [4.78, 5) is 18.1. The summed E-state index contributed by atoms with van der Waals surface area (Å²) in [5.74, 6) is 1.14. The normalized spacial score (nSPS) is 15.9. The van der Waals surface area contributed by atoms with Crippen molar-refractivity contribution < 1.29 is 4.79 Å². The Kier molecular flexibility index (Phi) is 5.19. The minimum Gasteiger partial charge on any atom is -0.357 e. The lowest BCUT2D eigenvalue weighted by atomic mass is 10.2. The molecular weight excluding hydrogens is 238 g/mol. The Balaban J connectivity index is 1.91. The molecule has 1 aliphatic rings. The van der Waals surface area contributed by atoms with Crippen LogP contribution in [0.1, 0.15) is 44.6 Å². The molecule has 2 rings (SSSR count). The third-order valence-corrected chi connectivity index (χ3v) is 3.55. The molecule has 0 spiro atoms. The van der Waals surface area contributed by atoms with E-state index in [-0.39, 0.29) is 5.91 Å². The van der Waals surface area contributed by atoms with Gasteiger partial charge in [0, 0.05) is 32.3 Å². The van der Waals surface area contributed by atoms with Crippen LogP contribution in [-0.4, -0.2) is 24.0 Å². The minimum absolute atomic E-state index is 0.0802. The molecule has 1 aliphatic heterocycles. The monoisotopic (exact) mass is 261 g/mol. The van der Waals surface area contributed by atoms with Gasteiger partial charge in [0.2, 0.25) is 5.91 Å². The highest BCUT2D eigenvalue weighted by Crippen LogP contribution is 2.17. The van der Waals surface area contributed by atoms with Crippen molar-refractivity contribution in [1.29, 1.82) is 0 Å². The fourth-order valence-electron chi connectivity index (χ4n) is 2.33. The lowest BCUT2D eigenvalue weighted by Crippen LogP contribution is -2.25. The highest BCUT2D eigenvalue weighted by molar-refractivity contribution is 5.75. The average Bonchev–Trinajstić information content (AvgIpc) is 2.74. The van der Waals surface area contributed by atoms with Gasteiger partial charge < -0.3 is 10.2 Å². The Labute approximate surface area is 115 Å². The van der Waals surface area contributed by atoms with Gasteiger partial charge in [0.25, 0.3) is 0 Å². The third kappa shape index (κ3) is 4.23. The van der Waals surface area contributed by atoms with Crippen molar-refractivity contribution in [2.75, 3.05) is 18.0 Å². The summed E-state index contributed by atoms with van der Waals surface area (Å²) < 4.78 is 0. The zero-order valence-corrected chi connectivity index (χ0v) is 11.7. The van der Waals surface area contributed by atoms with Crippen molar-refractivity contribution >= 4 is 11.7 Å². The summed E-state index contributed by atoms with van der Waals surface area (Å²) in [6.45, 7) is 4.65. The van der Waals surface area contributed by atoms with Gasteiger partial charge in [0.05, 0.1) is 0 Å². The first kappa shape index (κ1) is 13.8. The van der Waals surface area contributed by atoms with Crippen LogP contribution in [0.4, 0.5) is 5.82 Å². The summed E-state index contributed by atoms with van der Waals surface area (Å²) in [6.07, 6.45) is 7.58. The first-order valence-electron chi connectivity index (χ1n) is 7.26. The molecule has 2 heterocycles. The summed E-state index contributed by atoms with van der Waals surface area (Å²) in [5.41, 5.74) is 1.06. The molecule has 104 valence electrons. The van der Waals surface area contributed by atoms with Crippen LogP contribution >= 0.6 is 0 Å². The molecule has 1 aromatic rings. The first-order valence-corrected chi connectivity index (χ1v) is 7.26. The Bertz CT molecular complexity index is 394. The summed E-state index contributed by atoms with van der Waals surface area (Å²) >= 11 is 0. The first-order chi connectivity index (χ1) is 9.29. The van der Waals surface area contributed by atoms with Crippen molar-refractivity contribution in [3.63, 3.8) is 0 Å². The van der Waals surface area contributed by atoms with Crippen molar-refractivity contribution in [2.45, 2.75) is 45.6 Å². The van der Waals surface area contributed by atoms with Crippen LogP contribution in [0.3, 0.4) is 0 Å². The maximum absolute atomic E-state index is 11.2. The summed E-state index contributed by atoms with van der Waals surface area (Å²) in [6, 6.07) is 4.13. The van der Waals surface area contributed by atoms with Crippen LogP contribution in [-0.2, 0) is 11.3 Å². The van der Waals surface area contributed by atoms with Crippen LogP contribution in [0.2, 0.25) is 0 Å². The molecule has 1 amide bonds. The molecule has 0 unspecified atom stereocenters. The number of anilines is 1. The molecule has 0 atom stereocenters. The molecule has 4 heteroatoms. The van der Waals surface area contributed by atoms with Gasteiger partial charge in [-0.25, -0.2) is 4.98 Å². The molecule has 0 aromatic carbocycles. The average molecular weight is 261 g/mol. The van der Waals surface area contributed by atoms with Gasteiger partial charge in [-0.1, -0.05) is 25.8 Å². The predicted molar refractivity (Wildman–Crippen MR) is 77.1 cm³/mol. The van der Waals surface area contributed by atoms with Crippen molar-refractivity contribution in [1.82, 2.24) is 10.3 Å². The van der Waals surface area contributed by atoms with Gasteiger partial charge in [0.1, 0.15) is 5.82 Å². The Morgan fingerprint density at radius 2 is 2.00 bits per heavy atom. The number of amides is 1. The molecular formula is C15H23N3O. The van der Waals surface area contributed by atoms with E-state index in [0.29, 0.717) is 13.0 Å². The highest BCUT2D eigenvalue weighted by atomic mass is 16.1. The fourth-order valence-corrected chi connectivity index (χ4v) is 2.33. The number of carbonyl (C=O) groups excluding carboxylic acids is 1. The molecule has 19 heavy (non-hydrogen) atoms. The predicted octanol–water partition coefficient (Wildman–Crippen LogP) is 2.49. The van der Waals surface area contributed by atoms with Gasteiger partial charge in [-0.3, -0.25) is 4.79 Å². The Morgan fingerprint density at radius 1 is 1.26 bits per heavy atom. The molecule has 0 saturated carbocycles. The Hall–Kier alpha value is -1.58. The van der Waals surface area contributed by atoms with E-state index < -0.39 is 0 Å². The lowest BCUT2D eigenvalue weighted by Gasteiger charge is -2.21. The number of hydrogen-bond donors (Lipinski definition) is 1. The van der Waals surface area contributed by atoms with Gasteiger partial charge >= 0.3 is 0 Å². The van der Waals surface area contributed by atoms with Gasteiger partial charge in [0.15, 0.2) is 0 Å². The smallest absolute Gasteiger partial charge is 0.219 e. The SMILES string of the molecule is CCC(=O)NCc1ccc(N2CCCCCC2)nc1. The lowest BCUT2D eigenvalue weighted by molar-refractivity contribution is -0.120. The summed E-state index contributed by atoms with van der Waals surface area (Å²) in [5, 5.41) is 2.87. The zero-order valence-electron chi connectivity index (χ0n) is 11.7. The number of pyridine rings is 1. The number of nitrogens with zero attached hydrogens (tertiary/aromatic N) is 2. The van der Waals surface area contributed by atoms with E-state index in [1.54, 1.807) is 0 Å². The number of rotatable bonds is 4. The van der Waals surface area contributed by atoms with E-state index in [2.05, 4.69) is 27.3 Å². The van der Waals surface area contributed by atoms with E-state index in [0.717, 1.165) is 24.5 Å². The van der Waals surface area contributed by atoms with E-state index in [9.17, 15) is 4.79 Å². The van der Waals surface area contributed by atoms with Gasteiger partial charge in [-0.2, -0.15) is 0 Å². The largest absolute Gasteiger partial charge is 0.357 e. The number of aromatic nitrogens is 1. The second-order valence-corrected chi connectivity index (χ2v) is 5.06. The highest BCUT2D eigenvalue weighted by Gasteiger charge is 2.10. The molecule has 1 saturated heterocycles. The van der Waals surface area contributed by atoms with Crippen LogP contribution in [0, 0.1) is 0 Å². The minimum atomic E-state index is 0.0802. The van der Waals surface area contributed by atoms with E-state index in [1.807, 2.05) is 13.1 Å². The molecule has 1 aromatic heterocycles. The summed E-state index contributed by atoms with van der Waals surface area (Å²) in [7, 11) is 0. The molecule has 0 aliphatic carbocycles. The topological polar surface area (TPSA) is 45.2 Å². The van der Waals surface area contributed by atoms with Gasteiger partial charge in [-0.15, -0.1) is 0 Å². The van der Waals surface area contributed by atoms with Crippen LogP contribution in [0.25, 0.3) is 0 Å². The quantitative estimate of drug-likeness (QED) is 0.905. The molecule has 4 nitrogen and oxygen atoms in total. The number of nitrogens with one attached hydrogen (secondary N) is 1. The standard InChI is InChI=1S/C15H23N3O/c1-2-15(19)17-12-13-7-8-14(16-11-13)18-9-5-3-4-6-10-18/h7-8,11H,2-6,9-10,12H2,1H3,(H,17,19). The maximum atomic E-state index is 11.2. The molecule has 0 radical (unpaired) electrons. The number of hydrogen-bond acceptors (Lipinski definition) is 3. The Morgan fingerprint density at radius 3 is 2.58 bits per heavy atom. The number of carbonyl (C=O) groups is 1. The van der Waals surface area contributed by atoms with Crippen LogP contribution in [0.15, 0.2) is 18.3 Å². The maximum Gasteiger partial charge on any atom is 0.219 e. The van der Waals surface area contributed by atoms with E-state index in [4.69, 9.17) is 0 Å². The zero-order chi connectivity index (χ0) is 13.5. The van der Waals surface area contributed by atoms with Crippen molar-refractivity contribution in [2.24, 2.45) is 0 Å². The van der Waals surface area contributed by atoms with Crippen LogP contribution < -0.4 is 10.2 Å². The second kappa shape index (κ2) is 7.12. The van der Waals surface area contributed by atoms with Gasteiger partial charge in [-0.05, 0) is 24.5 Å². The van der Waals surface area contributed by atoms with E-state index >= 15 is 0 Å². The second-order valence-electron chi connectivity index (χ2n) is 5.06. The molecule has 1 fully saturated rings. The molecule has 0 bridgehead atoms. The van der Waals surface area contributed by atoms with Crippen molar-refractivity contribution in [3.05, 3.63) is 23.9 Å². The fraction of sp³-hybridized carbons (Fsp3) is 0.600. The van der Waals surface area contributed by atoms with Crippen LogP contribution in [0.5, 0.6) is 0 Å². The van der Waals surface area contributed by atoms with Crippen molar-refractivity contribution in [3.8, 4) is 0 Å².